The standard InChI is InChI=1S/C14H29N3O.2ClH/c1-12-6-5-9-17(10-12)11-13(2)16-14(18)7-4-8-15-3;;/h12-13,15H,4-11H2,1-3H3,(H,16,18);2*1H. The summed E-state index contributed by atoms with van der Waals surface area (Å²) < 4.78 is 0. The van der Waals surface area contributed by atoms with Crippen LogP contribution in [0.3, 0.4) is 0 Å². The van der Waals surface area contributed by atoms with Gasteiger partial charge in [-0.15, -0.1) is 24.8 Å². The lowest BCUT2D eigenvalue weighted by molar-refractivity contribution is -0.121. The second kappa shape index (κ2) is 12.7. The van der Waals surface area contributed by atoms with Gasteiger partial charge in [-0.05, 0) is 52.2 Å². The molecule has 0 aliphatic carbocycles. The van der Waals surface area contributed by atoms with Crippen LogP contribution in [-0.4, -0.2) is 50.1 Å². The highest BCUT2D eigenvalue weighted by Crippen LogP contribution is 2.15. The molecule has 0 aromatic rings. The van der Waals surface area contributed by atoms with Crippen LogP contribution in [0.2, 0.25) is 0 Å². The van der Waals surface area contributed by atoms with E-state index in [1.165, 1.54) is 25.9 Å². The van der Waals surface area contributed by atoms with Gasteiger partial charge in [-0.25, -0.2) is 0 Å². The number of hydrogen-bond acceptors (Lipinski definition) is 3. The van der Waals surface area contributed by atoms with E-state index in [0.717, 1.165) is 25.4 Å². The summed E-state index contributed by atoms with van der Waals surface area (Å²) in [5.74, 6) is 0.986. The summed E-state index contributed by atoms with van der Waals surface area (Å²) in [6, 6.07) is 0.261. The zero-order chi connectivity index (χ0) is 13.4. The van der Waals surface area contributed by atoms with Gasteiger partial charge in [0, 0.05) is 25.6 Å². The molecule has 2 atom stereocenters. The maximum Gasteiger partial charge on any atom is 0.220 e. The molecule has 1 saturated heterocycles. The van der Waals surface area contributed by atoms with Crippen molar-refractivity contribution in [1.29, 1.82) is 0 Å². The van der Waals surface area contributed by atoms with E-state index in [1.54, 1.807) is 0 Å². The van der Waals surface area contributed by atoms with Crippen LogP contribution in [-0.2, 0) is 4.79 Å². The highest BCUT2D eigenvalue weighted by molar-refractivity contribution is 5.85. The Balaban J connectivity index is 0. The Morgan fingerprint density at radius 3 is 2.70 bits per heavy atom. The number of halogens is 2. The Bertz CT molecular complexity index is 255. The number of hydrogen-bond donors (Lipinski definition) is 2. The maximum absolute atomic E-state index is 11.7. The average molecular weight is 328 g/mol. The van der Waals surface area contributed by atoms with Crippen LogP contribution in [0.4, 0.5) is 0 Å². The Labute approximate surface area is 136 Å². The van der Waals surface area contributed by atoms with E-state index < -0.39 is 0 Å². The second-order valence-electron chi connectivity index (χ2n) is 5.68. The van der Waals surface area contributed by atoms with Crippen molar-refractivity contribution in [2.75, 3.05) is 33.2 Å². The highest BCUT2D eigenvalue weighted by atomic mass is 35.5. The molecular weight excluding hydrogens is 297 g/mol. The number of carbonyl (C=O) groups is 1. The molecule has 20 heavy (non-hydrogen) atoms. The number of nitrogens with one attached hydrogen (secondary N) is 2. The first-order valence-corrected chi connectivity index (χ1v) is 7.28. The normalized spacial score (nSPS) is 20.4. The Hall–Kier alpha value is -0.0300. The van der Waals surface area contributed by atoms with E-state index in [2.05, 4.69) is 29.4 Å². The Morgan fingerprint density at radius 1 is 1.40 bits per heavy atom. The van der Waals surface area contributed by atoms with Gasteiger partial charge in [0.05, 0.1) is 0 Å². The number of piperidine rings is 1. The minimum absolute atomic E-state index is 0. The lowest BCUT2D eigenvalue weighted by Crippen LogP contribution is -2.45. The third-order valence-corrected chi connectivity index (χ3v) is 3.51. The first-order valence-electron chi connectivity index (χ1n) is 7.28. The minimum atomic E-state index is 0. The number of carbonyl (C=O) groups excluding carboxylic acids is 1. The molecule has 6 heteroatoms. The van der Waals surface area contributed by atoms with Crippen molar-refractivity contribution >= 4 is 30.7 Å². The Kier molecular flexibility index (Phi) is 14.1. The lowest BCUT2D eigenvalue weighted by atomic mass is 10.00. The third-order valence-electron chi connectivity index (χ3n) is 3.51. The lowest BCUT2D eigenvalue weighted by Gasteiger charge is -2.32. The van der Waals surface area contributed by atoms with Crippen molar-refractivity contribution in [3.8, 4) is 0 Å². The first kappa shape index (κ1) is 22.3. The van der Waals surface area contributed by atoms with Crippen molar-refractivity contribution in [2.24, 2.45) is 5.92 Å². The highest BCUT2D eigenvalue weighted by Gasteiger charge is 2.18. The summed E-state index contributed by atoms with van der Waals surface area (Å²) in [4.78, 5) is 14.2. The SMILES string of the molecule is CNCCCC(=O)NC(C)CN1CCCC(C)C1.Cl.Cl. The molecule has 1 heterocycles. The van der Waals surface area contributed by atoms with Crippen molar-refractivity contribution in [3.63, 3.8) is 0 Å². The van der Waals surface area contributed by atoms with Crippen molar-refractivity contribution < 1.29 is 4.79 Å². The molecule has 4 nitrogen and oxygen atoms in total. The molecule has 0 radical (unpaired) electrons. The quantitative estimate of drug-likeness (QED) is 0.703. The molecule has 2 unspecified atom stereocenters. The maximum atomic E-state index is 11.7. The largest absolute Gasteiger partial charge is 0.352 e. The molecule has 0 spiro atoms. The summed E-state index contributed by atoms with van der Waals surface area (Å²) in [6.45, 7) is 8.68. The fourth-order valence-corrected chi connectivity index (χ4v) is 2.66. The molecule has 2 N–H and O–H groups in total. The summed E-state index contributed by atoms with van der Waals surface area (Å²) in [7, 11) is 1.91. The number of amides is 1. The van der Waals surface area contributed by atoms with Crippen LogP contribution >= 0.6 is 24.8 Å². The van der Waals surface area contributed by atoms with Crippen molar-refractivity contribution in [3.05, 3.63) is 0 Å². The van der Waals surface area contributed by atoms with Gasteiger partial charge >= 0.3 is 0 Å². The van der Waals surface area contributed by atoms with Crippen LogP contribution in [0.1, 0.15) is 39.5 Å². The minimum Gasteiger partial charge on any atom is -0.352 e. The fourth-order valence-electron chi connectivity index (χ4n) is 2.66. The van der Waals surface area contributed by atoms with E-state index >= 15 is 0 Å². The van der Waals surface area contributed by atoms with Gasteiger partial charge in [0.2, 0.25) is 5.91 Å². The van der Waals surface area contributed by atoms with Gasteiger partial charge in [0.15, 0.2) is 0 Å². The van der Waals surface area contributed by atoms with Crippen LogP contribution < -0.4 is 10.6 Å². The van der Waals surface area contributed by atoms with E-state index in [0.29, 0.717) is 6.42 Å². The van der Waals surface area contributed by atoms with Gasteiger partial charge in [0.1, 0.15) is 0 Å². The van der Waals surface area contributed by atoms with Crippen LogP contribution in [0.15, 0.2) is 0 Å². The number of rotatable bonds is 7. The van der Waals surface area contributed by atoms with Crippen molar-refractivity contribution in [1.82, 2.24) is 15.5 Å². The molecule has 1 rings (SSSR count). The zero-order valence-electron chi connectivity index (χ0n) is 13.0. The molecule has 1 fully saturated rings. The summed E-state index contributed by atoms with van der Waals surface area (Å²) in [6.07, 6.45) is 4.18. The smallest absolute Gasteiger partial charge is 0.220 e. The van der Waals surface area contributed by atoms with Gasteiger partial charge in [-0.3, -0.25) is 4.79 Å². The van der Waals surface area contributed by atoms with Crippen LogP contribution in [0.25, 0.3) is 0 Å². The van der Waals surface area contributed by atoms with E-state index in [9.17, 15) is 4.79 Å². The van der Waals surface area contributed by atoms with Gasteiger partial charge < -0.3 is 15.5 Å². The van der Waals surface area contributed by atoms with Crippen molar-refractivity contribution in [2.45, 2.75) is 45.6 Å². The van der Waals surface area contributed by atoms with Gasteiger partial charge in [-0.1, -0.05) is 6.92 Å². The molecule has 1 aliphatic rings. The average Bonchev–Trinajstić information content (AvgIpc) is 2.29. The predicted octanol–water partition coefficient (Wildman–Crippen LogP) is 2.07. The topological polar surface area (TPSA) is 44.4 Å². The van der Waals surface area contributed by atoms with Crippen LogP contribution in [0.5, 0.6) is 0 Å². The molecule has 122 valence electrons. The second-order valence-corrected chi connectivity index (χ2v) is 5.68. The molecule has 0 saturated carbocycles. The Morgan fingerprint density at radius 2 is 2.10 bits per heavy atom. The van der Waals surface area contributed by atoms with E-state index in [-0.39, 0.29) is 36.8 Å². The summed E-state index contributed by atoms with van der Waals surface area (Å²) >= 11 is 0. The molecular formula is C14H31Cl2N3O. The van der Waals surface area contributed by atoms with E-state index in [1.807, 2.05) is 7.05 Å². The monoisotopic (exact) mass is 327 g/mol. The molecule has 0 bridgehead atoms. The van der Waals surface area contributed by atoms with Crippen LogP contribution in [0, 0.1) is 5.92 Å². The molecule has 0 aromatic heterocycles. The molecule has 0 aromatic carbocycles. The van der Waals surface area contributed by atoms with E-state index in [4.69, 9.17) is 0 Å². The zero-order valence-corrected chi connectivity index (χ0v) is 14.6. The fraction of sp³-hybridized carbons (Fsp3) is 0.929. The molecule has 1 amide bonds. The predicted molar refractivity (Wildman–Crippen MR) is 90.1 cm³/mol. The third kappa shape index (κ3) is 9.81. The first-order chi connectivity index (χ1) is 8.61. The van der Waals surface area contributed by atoms with Gasteiger partial charge in [-0.2, -0.15) is 0 Å². The van der Waals surface area contributed by atoms with Gasteiger partial charge in [0.25, 0.3) is 0 Å². The summed E-state index contributed by atoms with van der Waals surface area (Å²) in [5.41, 5.74) is 0. The molecule has 1 aliphatic heterocycles. The number of likely N-dealkylation sites (tertiary alicyclic amines) is 1. The number of nitrogens with zero attached hydrogens (tertiary/aromatic N) is 1. The summed E-state index contributed by atoms with van der Waals surface area (Å²) in [5, 5.41) is 6.15.